The molecular weight excluding hydrogens is 283 g/mol. The van der Waals surface area contributed by atoms with Gasteiger partial charge >= 0.3 is 0 Å². The zero-order valence-corrected chi connectivity index (χ0v) is 11.7. The van der Waals surface area contributed by atoms with Crippen molar-refractivity contribution >= 4 is 17.4 Å². The van der Waals surface area contributed by atoms with Crippen molar-refractivity contribution in [2.45, 2.75) is 0 Å². The molecule has 2 aromatic rings. The maximum Gasteiger partial charge on any atom is 0.199 e. The molecule has 0 fully saturated rings. The molecular formula is C15H12ClFO3. The zero-order chi connectivity index (χ0) is 14.7. The van der Waals surface area contributed by atoms with Gasteiger partial charge in [0, 0.05) is 6.07 Å². The Kier molecular flexibility index (Phi) is 4.25. The van der Waals surface area contributed by atoms with E-state index in [-0.39, 0.29) is 16.1 Å². The number of hydrogen-bond donors (Lipinski definition) is 0. The Morgan fingerprint density at radius 1 is 1.10 bits per heavy atom. The summed E-state index contributed by atoms with van der Waals surface area (Å²) < 4.78 is 24.1. The van der Waals surface area contributed by atoms with Crippen molar-refractivity contribution in [2.24, 2.45) is 0 Å². The first-order chi connectivity index (χ1) is 9.58. The predicted octanol–water partition coefficient (Wildman–Crippen LogP) is 3.73. The maximum absolute atomic E-state index is 13.9. The Morgan fingerprint density at radius 2 is 1.85 bits per heavy atom. The fraction of sp³-hybridized carbons (Fsp3) is 0.133. The molecule has 104 valence electrons. The van der Waals surface area contributed by atoms with Crippen LogP contribution in [0.5, 0.6) is 11.5 Å². The molecule has 0 heterocycles. The number of methoxy groups -OCH3 is 2. The number of carbonyl (C=O) groups excluding carboxylic acids is 1. The first kappa shape index (κ1) is 14.3. The van der Waals surface area contributed by atoms with Crippen LogP contribution in [0.2, 0.25) is 5.02 Å². The highest BCUT2D eigenvalue weighted by atomic mass is 35.5. The molecule has 0 unspecified atom stereocenters. The average Bonchev–Trinajstić information content (AvgIpc) is 2.48. The molecule has 20 heavy (non-hydrogen) atoms. The summed E-state index contributed by atoms with van der Waals surface area (Å²) in [6, 6.07) is 9.00. The van der Waals surface area contributed by atoms with Crippen molar-refractivity contribution in [3.05, 3.63) is 58.4 Å². The van der Waals surface area contributed by atoms with Crippen LogP contribution < -0.4 is 9.47 Å². The minimum absolute atomic E-state index is 0.0941. The highest BCUT2D eigenvalue weighted by Gasteiger charge is 2.19. The molecule has 0 aliphatic rings. The van der Waals surface area contributed by atoms with Gasteiger partial charge in [-0.1, -0.05) is 17.7 Å². The van der Waals surface area contributed by atoms with Gasteiger partial charge < -0.3 is 9.47 Å². The SMILES string of the molecule is COc1ccc(C(=O)c2cccc(Cl)c2F)c(OC)c1. The molecule has 0 saturated heterocycles. The molecule has 0 saturated carbocycles. The second-order valence-electron chi connectivity index (χ2n) is 4.00. The molecule has 0 spiro atoms. The van der Waals surface area contributed by atoms with Crippen molar-refractivity contribution < 1.29 is 18.7 Å². The van der Waals surface area contributed by atoms with Gasteiger partial charge in [0.15, 0.2) is 11.6 Å². The number of benzene rings is 2. The summed E-state index contributed by atoms with van der Waals surface area (Å²) in [7, 11) is 2.94. The first-order valence-electron chi connectivity index (χ1n) is 5.79. The van der Waals surface area contributed by atoms with E-state index in [0.29, 0.717) is 11.5 Å². The fourth-order valence-electron chi connectivity index (χ4n) is 1.81. The van der Waals surface area contributed by atoms with Crippen LogP contribution in [-0.4, -0.2) is 20.0 Å². The maximum atomic E-state index is 13.9. The number of carbonyl (C=O) groups is 1. The topological polar surface area (TPSA) is 35.5 Å². The molecule has 0 amide bonds. The monoisotopic (exact) mass is 294 g/mol. The van der Waals surface area contributed by atoms with Gasteiger partial charge in [-0.05, 0) is 24.3 Å². The van der Waals surface area contributed by atoms with E-state index >= 15 is 0 Å². The second-order valence-corrected chi connectivity index (χ2v) is 4.40. The highest BCUT2D eigenvalue weighted by Crippen LogP contribution is 2.28. The molecule has 3 nitrogen and oxygen atoms in total. The smallest absolute Gasteiger partial charge is 0.199 e. The summed E-state index contributed by atoms with van der Waals surface area (Å²) in [5, 5.41) is -0.0941. The molecule has 0 aliphatic heterocycles. The number of ketones is 1. The molecule has 2 rings (SSSR count). The number of ether oxygens (including phenoxy) is 2. The van der Waals surface area contributed by atoms with Gasteiger partial charge in [-0.25, -0.2) is 4.39 Å². The van der Waals surface area contributed by atoms with E-state index in [1.807, 2.05) is 0 Å². The van der Waals surface area contributed by atoms with Crippen LogP contribution in [0.4, 0.5) is 4.39 Å². The van der Waals surface area contributed by atoms with Gasteiger partial charge in [-0.15, -0.1) is 0 Å². The van der Waals surface area contributed by atoms with E-state index in [1.165, 1.54) is 38.5 Å². The van der Waals surface area contributed by atoms with Crippen LogP contribution in [0.3, 0.4) is 0 Å². The third kappa shape index (κ3) is 2.60. The lowest BCUT2D eigenvalue weighted by atomic mass is 10.0. The molecule has 0 bridgehead atoms. The Bertz CT molecular complexity index is 656. The summed E-state index contributed by atoms with van der Waals surface area (Å²) in [5.41, 5.74) is 0.149. The van der Waals surface area contributed by atoms with E-state index in [1.54, 1.807) is 12.1 Å². The lowest BCUT2D eigenvalue weighted by molar-refractivity contribution is 0.103. The third-order valence-corrected chi connectivity index (χ3v) is 3.14. The van der Waals surface area contributed by atoms with Gasteiger partial charge in [0.2, 0.25) is 0 Å². The van der Waals surface area contributed by atoms with Crippen LogP contribution in [0.25, 0.3) is 0 Å². The van der Waals surface area contributed by atoms with Crippen LogP contribution >= 0.6 is 11.6 Å². The third-order valence-electron chi connectivity index (χ3n) is 2.85. The number of hydrogen-bond acceptors (Lipinski definition) is 3. The predicted molar refractivity (Wildman–Crippen MR) is 74.4 cm³/mol. The highest BCUT2D eigenvalue weighted by molar-refractivity contribution is 6.31. The van der Waals surface area contributed by atoms with Crippen molar-refractivity contribution in [2.75, 3.05) is 14.2 Å². The van der Waals surface area contributed by atoms with E-state index in [4.69, 9.17) is 21.1 Å². The normalized spacial score (nSPS) is 10.2. The van der Waals surface area contributed by atoms with Crippen molar-refractivity contribution in [3.8, 4) is 11.5 Å². The van der Waals surface area contributed by atoms with E-state index < -0.39 is 11.6 Å². The largest absolute Gasteiger partial charge is 0.497 e. The lowest BCUT2D eigenvalue weighted by Gasteiger charge is -2.10. The van der Waals surface area contributed by atoms with E-state index in [9.17, 15) is 9.18 Å². The minimum Gasteiger partial charge on any atom is -0.497 e. The average molecular weight is 295 g/mol. The quantitative estimate of drug-likeness (QED) is 0.806. The van der Waals surface area contributed by atoms with Crippen molar-refractivity contribution in [1.82, 2.24) is 0 Å². The summed E-state index contributed by atoms with van der Waals surface area (Å²) in [6.07, 6.45) is 0. The molecule has 0 aromatic heterocycles. The molecule has 5 heteroatoms. The second kappa shape index (κ2) is 5.92. The van der Waals surface area contributed by atoms with Gasteiger partial charge in [0.05, 0.1) is 30.4 Å². The fourth-order valence-corrected chi connectivity index (χ4v) is 1.98. The molecule has 0 N–H and O–H groups in total. The number of halogens is 2. The summed E-state index contributed by atoms with van der Waals surface area (Å²) in [6.45, 7) is 0. The summed E-state index contributed by atoms with van der Waals surface area (Å²) in [5.74, 6) is -0.375. The van der Waals surface area contributed by atoms with Crippen LogP contribution in [0.1, 0.15) is 15.9 Å². The molecule has 0 radical (unpaired) electrons. The Labute approximate surface area is 120 Å². The van der Waals surface area contributed by atoms with Crippen molar-refractivity contribution in [1.29, 1.82) is 0 Å². The molecule has 0 aliphatic carbocycles. The van der Waals surface area contributed by atoms with Gasteiger partial charge in [0.1, 0.15) is 11.5 Å². The first-order valence-corrected chi connectivity index (χ1v) is 6.17. The van der Waals surface area contributed by atoms with Gasteiger partial charge in [-0.3, -0.25) is 4.79 Å². The zero-order valence-electron chi connectivity index (χ0n) is 10.9. The standard InChI is InChI=1S/C15H12ClFO3/c1-19-9-6-7-10(13(8-9)20-2)15(18)11-4-3-5-12(16)14(11)17/h3-8H,1-2H3. The Morgan fingerprint density at radius 3 is 2.50 bits per heavy atom. The van der Waals surface area contributed by atoms with Crippen LogP contribution in [0.15, 0.2) is 36.4 Å². The van der Waals surface area contributed by atoms with E-state index in [0.717, 1.165) is 0 Å². The van der Waals surface area contributed by atoms with Gasteiger partial charge in [0.25, 0.3) is 0 Å². The minimum atomic E-state index is -0.739. The molecule has 0 atom stereocenters. The summed E-state index contributed by atoms with van der Waals surface area (Å²) in [4.78, 5) is 12.4. The van der Waals surface area contributed by atoms with E-state index in [2.05, 4.69) is 0 Å². The number of rotatable bonds is 4. The van der Waals surface area contributed by atoms with Crippen LogP contribution in [-0.2, 0) is 0 Å². The Hall–Kier alpha value is -2.07. The summed E-state index contributed by atoms with van der Waals surface area (Å²) >= 11 is 5.69. The van der Waals surface area contributed by atoms with Crippen LogP contribution in [0, 0.1) is 5.82 Å². The lowest BCUT2D eigenvalue weighted by Crippen LogP contribution is -2.07. The molecule has 2 aromatic carbocycles. The van der Waals surface area contributed by atoms with Gasteiger partial charge in [-0.2, -0.15) is 0 Å². The Balaban J connectivity index is 2.50. The van der Waals surface area contributed by atoms with Crippen molar-refractivity contribution in [3.63, 3.8) is 0 Å².